The Kier molecular flexibility index (Phi) is 9.37. The van der Waals surface area contributed by atoms with Gasteiger partial charge in [0.15, 0.2) is 11.0 Å². The van der Waals surface area contributed by atoms with E-state index >= 15 is 0 Å². The van der Waals surface area contributed by atoms with Crippen LogP contribution in [0.1, 0.15) is 36.5 Å². The first-order valence-corrected chi connectivity index (χ1v) is 14.6. The molecule has 17 heteroatoms. The Bertz CT molecular complexity index is 1840. The molecule has 1 N–H and O–H groups in total. The number of aliphatic imine (C=N–C) groups is 1. The van der Waals surface area contributed by atoms with Crippen LogP contribution in [0, 0.1) is 0 Å². The van der Waals surface area contributed by atoms with Crippen molar-refractivity contribution in [2.45, 2.75) is 32.3 Å². The van der Waals surface area contributed by atoms with Crippen LogP contribution < -0.4 is 15.1 Å². The predicted molar refractivity (Wildman–Crippen MR) is 163 cm³/mol. The molecule has 0 unspecified atom stereocenters. The van der Waals surface area contributed by atoms with Gasteiger partial charge in [0.1, 0.15) is 12.1 Å². The number of anilines is 1. The van der Waals surface area contributed by atoms with Gasteiger partial charge < -0.3 is 4.74 Å². The van der Waals surface area contributed by atoms with Crippen LogP contribution in [0.3, 0.4) is 0 Å². The smallest absolute Gasteiger partial charge is 0.406 e. The fourth-order valence-corrected chi connectivity index (χ4v) is 5.25. The third-order valence-corrected chi connectivity index (χ3v) is 7.48. The number of urea groups is 1. The summed E-state index contributed by atoms with van der Waals surface area (Å²) >= 11 is 0.920. The first-order valence-electron chi connectivity index (χ1n) is 13.6. The monoisotopic (exact) mass is 675 g/mol. The van der Waals surface area contributed by atoms with Crippen molar-refractivity contribution in [2.75, 3.05) is 10.7 Å². The molecule has 0 radical (unpaired) electrons. The van der Waals surface area contributed by atoms with Crippen molar-refractivity contribution in [2.24, 2.45) is 10.1 Å². The SMILES string of the molecule is CC(C)c1ccc(C(F)(F)F)cc1N1C(=O)CSC1=NC(=O)N/N=C/c1ccc(-c2ncn(-c3ccc(OC(F)(F)F)cc3)n2)cc1. The first kappa shape index (κ1) is 33.2. The van der Waals surface area contributed by atoms with Gasteiger partial charge in [0.05, 0.1) is 28.9 Å². The normalized spacial score (nSPS) is 14.9. The molecule has 0 bridgehead atoms. The minimum atomic E-state index is -4.80. The van der Waals surface area contributed by atoms with Crippen molar-refractivity contribution in [3.05, 3.63) is 89.7 Å². The number of hydrogen-bond donors (Lipinski definition) is 1. The molecule has 0 aliphatic carbocycles. The third-order valence-electron chi connectivity index (χ3n) is 6.55. The zero-order valence-corrected chi connectivity index (χ0v) is 25.2. The number of carbonyl (C=O) groups is 2. The van der Waals surface area contributed by atoms with Gasteiger partial charge in [-0.2, -0.15) is 23.3 Å². The van der Waals surface area contributed by atoms with Gasteiger partial charge in [-0.05, 0) is 53.4 Å². The Morgan fingerprint density at radius 3 is 2.36 bits per heavy atom. The maximum absolute atomic E-state index is 13.4. The second-order valence-corrected chi connectivity index (χ2v) is 11.1. The molecule has 1 fully saturated rings. The third kappa shape index (κ3) is 8.16. The van der Waals surface area contributed by atoms with Crippen LogP contribution >= 0.6 is 11.8 Å². The van der Waals surface area contributed by atoms with E-state index in [1.165, 1.54) is 35.4 Å². The highest BCUT2D eigenvalue weighted by molar-refractivity contribution is 8.15. The average molecular weight is 676 g/mol. The van der Waals surface area contributed by atoms with Crippen LogP contribution in [-0.4, -0.2) is 50.2 Å². The number of alkyl halides is 6. The maximum atomic E-state index is 13.4. The Labute approximate surface area is 267 Å². The van der Waals surface area contributed by atoms with Gasteiger partial charge >= 0.3 is 18.6 Å². The zero-order chi connectivity index (χ0) is 33.9. The number of hydrazone groups is 1. The number of amides is 3. The molecule has 2 heterocycles. The summed E-state index contributed by atoms with van der Waals surface area (Å²) in [6, 6.07) is 14.0. The number of nitrogens with one attached hydrogen (secondary N) is 1. The molecule has 1 aromatic heterocycles. The fourth-order valence-electron chi connectivity index (χ4n) is 4.40. The number of halogens is 6. The molecule has 0 atom stereocenters. The highest BCUT2D eigenvalue weighted by Crippen LogP contribution is 2.38. The van der Waals surface area contributed by atoms with E-state index in [9.17, 15) is 35.9 Å². The lowest BCUT2D eigenvalue weighted by Gasteiger charge is -2.23. The Morgan fingerprint density at radius 2 is 1.72 bits per heavy atom. The molecule has 3 amide bonds. The predicted octanol–water partition coefficient (Wildman–Crippen LogP) is 7.15. The molecule has 244 valence electrons. The van der Waals surface area contributed by atoms with E-state index in [0.717, 1.165) is 40.9 Å². The summed E-state index contributed by atoms with van der Waals surface area (Å²) in [4.78, 5) is 34.3. The molecule has 10 nitrogen and oxygen atoms in total. The molecule has 3 aromatic carbocycles. The van der Waals surface area contributed by atoms with Crippen LogP contribution in [0.15, 0.2) is 83.2 Å². The number of carbonyl (C=O) groups excluding carboxylic acids is 2. The number of rotatable bonds is 7. The van der Waals surface area contributed by atoms with Crippen molar-refractivity contribution in [1.82, 2.24) is 20.2 Å². The summed E-state index contributed by atoms with van der Waals surface area (Å²) in [5, 5.41) is 8.12. The number of aromatic nitrogens is 3. The van der Waals surface area contributed by atoms with Crippen LogP contribution in [0.5, 0.6) is 5.75 Å². The lowest BCUT2D eigenvalue weighted by Crippen LogP contribution is -2.32. The number of ether oxygens (including phenoxy) is 1. The van der Waals surface area contributed by atoms with Gasteiger partial charge in [0, 0.05) is 5.56 Å². The number of amidine groups is 1. The molecular weight excluding hydrogens is 652 g/mol. The standard InChI is InChI=1S/C30H23F6N7O3S/c1-17(2)23-12-7-20(29(31,32)33)13-24(23)43-25(44)15-47-28(43)39-27(45)40-38-14-18-3-5-19(6-4-18)26-37-16-42(41-26)21-8-10-22(11-9-21)46-30(34,35)36/h3-14,16-17H,15H2,1-2H3,(H,40,45)/b38-14+,39-28?. The Morgan fingerprint density at radius 1 is 1.02 bits per heavy atom. The number of hydrogen-bond acceptors (Lipinski definition) is 7. The molecule has 5 rings (SSSR count). The molecule has 1 aliphatic rings. The molecule has 4 aromatic rings. The van der Waals surface area contributed by atoms with E-state index in [-0.39, 0.29) is 28.3 Å². The van der Waals surface area contributed by atoms with Crippen LogP contribution in [0.25, 0.3) is 17.1 Å². The molecule has 1 saturated heterocycles. The van der Waals surface area contributed by atoms with Gasteiger partial charge in [0.2, 0.25) is 5.91 Å². The summed E-state index contributed by atoms with van der Waals surface area (Å²) in [5.41, 5.74) is 3.42. The number of nitrogens with zero attached hydrogens (tertiary/aromatic N) is 6. The fraction of sp³-hybridized carbons (Fsp3) is 0.200. The minimum absolute atomic E-state index is 0.00716. The Hall–Kier alpha value is -5.19. The van der Waals surface area contributed by atoms with E-state index < -0.39 is 30.0 Å². The highest BCUT2D eigenvalue weighted by atomic mass is 32.2. The Balaban J connectivity index is 1.24. The summed E-state index contributed by atoms with van der Waals surface area (Å²) in [6.07, 6.45) is -6.70. The summed E-state index contributed by atoms with van der Waals surface area (Å²) in [7, 11) is 0. The number of benzene rings is 3. The van der Waals surface area contributed by atoms with Crippen LogP contribution in [0.2, 0.25) is 0 Å². The first-order chi connectivity index (χ1) is 22.2. The van der Waals surface area contributed by atoms with Gasteiger partial charge in [-0.1, -0.05) is 55.9 Å². The van der Waals surface area contributed by atoms with Crippen molar-refractivity contribution in [1.29, 1.82) is 0 Å². The van der Waals surface area contributed by atoms with Crippen molar-refractivity contribution in [3.8, 4) is 22.8 Å². The minimum Gasteiger partial charge on any atom is -0.406 e. The lowest BCUT2D eigenvalue weighted by atomic mass is 9.98. The van der Waals surface area contributed by atoms with E-state index in [4.69, 9.17) is 0 Å². The van der Waals surface area contributed by atoms with Gasteiger partial charge in [-0.15, -0.1) is 18.3 Å². The average Bonchev–Trinajstić information content (AvgIpc) is 3.63. The molecule has 0 saturated carbocycles. The summed E-state index contributed by atoms with van der Waals surface area (Å²) in [5.74, 6) is -0.869. The molecular formula is C30H23F6N7O3S. The van der Waals surface area contributed by atoms with E-state index in [2.05, 4.69) is 30.3 Å². The topological polar surface area (TPSA) is 114 Å². The number of thioether (sulfide) groups is 1. The van der Waals surface area contributed by atoms with E-state index in [0.29, 0.717) is 28.2 Å². The molecule has 1 aliphatic heterocycles. The van der Waals surface area contributed by atoms with Crippen LogP contribution in [0.4, 0.5) is 36.8 Å². The van der Waals surface area contributed by atoms with Crippen LogP contribution in [-0.2, 0) is 11.0 Å². The maximum Gasteiger partial charge on any atom is 0.573 e. The largest absolute Gasteiger partial charge is 0.573 e. The second kappa shape index (κ2) is 13.3. The van der Waals surface area contributed by atoms with Gasteiger partial charge in [0.25, 0.3) is 0 Å². The molecule has 47 heavy (non-hydrogen) atoms. The van der Waals surface area contributed by atoms with Crippen molar-refractivity contribution < 1.29 is 40.7 Å². The molecule has 0 spiro atoms. The zero-order valence-electron chi connectivity index (χ0n) is 24.4. The van der Waals surface area contributed by atoms with Crippen molar-refractivity contribution in [3.63, 3.8) is 0 Å². The summed E-state index contributed by atoms with van der Waals surface area (Å²) in [6.45, 7) is 3.55. The lowest BCUT2D eigenvalue weighted by molar-refractivity contribution is -0.274. The van der Waals surface area contributed by atoms with E-state index in [1.54, 1.807) is 38.1 Å². The quantitative estimate of drug-likeness (QED) is 0.126. The summed E-state index contributed by atoms with van der Waals surface area (Å²) < 4.78 is 82.7. The highest BCUT2D eigenvalue weighted by Gasteiger charge is 2.36. The van der Waals surface area contributed by atoms with Gasteiger partial charge in [-0.25, -0.2) is 19.9 Å². The second-order valence-electron chi connectivity index (χ2n) is 10.2. The van der Waals surface area contributed by atoms with Gasteiger partial charge in [-0.3, -0.25) is 9.69 Å². The van der Waals surface area contributed by atoms with E-state index in [1.807, 2.05) is 0 Å². The van der Waals surface area contributed by atoms with Crippen molar-refractivity contribution >= 4 is 40.8 Å².